The highest BCUT2D eigenvalue weighted by Crippen LogP contribution is 2.23. The van der Waals surface area contributed by atoms with Crippen LogP contribution in [0.2, 0.25) is 10.0 Å². The van der Waals surface area contributed by atoms with Gasteiger partial charge in [0.2, 0.25) is 0 Å². The summed E-state index contributed by atoms with van der Waals surface area (Å²) in [5, 5.41) is 1.23. The maximum absolute atomic E-state index is 12.4. The zero-order valence-electron chi connectivity index (χ0n) is 16.4. The van der Waals surface area contributed by atoms with Crippen molar-refractivity contribution in [3.8, 4) is 11.4 Å². The Morgan fingerprint density at radius 2 is 1.77 bits per heavy atom. The fourth-order valence-electron chi connectivity index (χ4n) is 2.97. The van der Waals surface area contributed by atoms with E-state index in [0.717, 1.165) is 16.8 Å². The number of allylic oxidation sites excluding steroid dienone is 1. The van der Waals surface area contributed by atoms with E-state index in [1.165, 1.54) is 0 Å². The third-order valence-electron chi connectivity index (χ3n) is 4.66. The predicted octanol–water partition coefficient (Wildman–Crippen LogP) is 6.65. The minimum atomic E-state index is -0.0619. The lowest BCUT2D eigenvalue weighted by Crippen LogP contribution is -1.97. The molecule has 4 aromatic rings. The van der Waals surface area contributed by atoms with Crippen LogP contribution < -0.4 is 4.74 Å². The summed E-state index contributed by atoms with van der Waals surface area (Å²) in [6.07, 6.45) is 8.63. The molecule has 1 heterocycles. The molecule has 0 N–H and O–H groups in total. The number of rotatable bonds is 7. The first-order valence-electron chi connectivity index (χ1n) is 9.56. The van der Waals surface area contributed by atoms with Gasteiger partial charge >= 0.3 is 0 Å². The Kier molecular flexibility index (Phi) is 6.51. The molecule has 6 heteroatoms. The molecule has 0 atom stereocenters. The second-order valence-electron chi connectivity index (χ2n) is 6.81. The number of ketones is 1. The van der Waals surface area contributed by atoms with Gasteiger partial charge in [0, 0.05) is 39.3 Å². The SMILES string of the molecule is O=C(/C=C/c1ccc(OCc2cc(Cl)ccc2Cl)cc1)c1ccc(-n2ccnc2)cc1. The van der Waals surface area contributed by atoms with Gasteiger partial charge in [0.25, 0.3) is 0 Å². The summed E-state index contributed by atoms with van der Waals surface area (Å²) >= 11 is 12.2. The zero-order chi connectivity index (χ0) is 21.6. The van der Waals surface area contributed by atoms with E-state index in [9.17, 15) is 4.79 Å². The quantitative estimate of drug-likeness (QED) is 0.234. The highest BCUT2D eigenvalue weighted by molar-refractivity contribution is 6.33. The lowest BCUT2D eigenvalue weighted by molar-refractivity contribution is 0.104. The second kappa shape index (κ2) is 9.65. The van der Waals surface area contributed by atoms with Crippen molar-refractivity contribution in [3.05, 3.63) is 118 Å². The van der Waals surface area contributed by atoms with Crippen molar-refractivity contribution < 1.29 is 9.53 Å². The number of nitrogens with zero attached hydrogens (tertiary/aromatic N) is 2. The molecule has 0 unspecified atom stereocenters. The Hall–Kier alpha value is -3.34. The first-order valence-corrected chi connectivity index (χ1v) is 10.3. The number of halogens is 2. The van der Waals surface area contributed by atoms with E-state index in [-0.39, 0.29) is 5.78 Å². The number of benzene rings is 3. The molecule has 1 aromatic heterocycles. The highest BCUT2D eigenvalue weighted by atomic mass is 35.5. The smallest absolute Gasteiger partial charge is 0.185 e. The second-order valence-corrected chi connectivity index (χ2v) is 7.65. The number of carbonyl (C=O) groups is 1. The summed E-state index contributed by atoms with van der Waals surface area (Å²) in [7, 11) is 0. The summed E-state index contributed by atoms with van der Waals surface area (Å²) in [4.78, 5) is 16.5. The zero-order valence-corrected chi connectivity index (χ0v) is 17.9. The largest absolute Gasteiger partial charge is 0.489 e. The molecule has 0 amide bonds. The normalized spacial score (nSPS) is 11.0. The first kappa shape index (κ1) is 20.9. The highest BCUT2D eigenvalue weighted by Gasteiger charge is 2.04. The molecule has 4 nitrogen and oxygen atoms in total. The maximum atomic E-state index is 12.4. The average Bonchev–Trinajstić information content (AvgIpc) is 3.34. The van der Waals surface area contributed by atoms with E-state index in [0.29, 0.717) is 28.0 Å². The van der Waals surface area contributed by atoms with E-state index in [1.54, 1.807) is 55.0 Å². The number of imidazole rings is 1. The standard InChI is InChI=1S/C25H18Cl2N2O2/c26-21-6-11-24(27)20(15-21)16-31-23-9-1-18(2-10-23)3-12-25(30)19-4-7-22(8-5-19)29-14-13-28-17-29/h1-15,17H,16H2/b12-3+. The minimum absolute atomic E-state index is 0.0619. The van der Waals surface area contributed by atoms with Crippen LogP contribution in [0.1, 0.15) is 21.5 Å². The van der Waals surface area contributed by atoms with Gasteiger partial charge in [-0.05, 0) is 66.2 Å². The molecule has 0 bridgehead atoms. The molecule has 0 saturated carbocycles. The molecule has 0 saturated heterocycles. The maximum Gasteiger partial charge on any atom is 0.185 e. The lowest BCUT2D eigenvalue weighted by Gasteiger charge is -2.08. The predicted molar refractivity (Wildman–Crippen MR) is 124 cm³/mol. The fourth-order valence-corrected chi connectivity index (χ4v) is 3.33. The van der Waals surface area contributed by atoms with Gasteiger partial charge in [0.1, 0.15) is 12.4 Å². The van der Waals surface area contributed by atoms with Crippen molar-refractivity contribution >= 4 is 35.1 Å². The fraction of sp³-hybridized carbons (Fsp3) is 0.0400. The third kappa shape index (κ3) is 5.43. The van der Waals surface area contributed by atoms with Crippen LogP contribution in [0.3, 0.4) is 0 Å². The van der Waals surface area contributed by atoms with Gasteiger partial charge in [-0.25, -0.2) is 4.98 Å². The van der Waals surface area contributed by atoms with E-state index >= 15 is 0 Å². The van der Waals surface area contributed by atoms with Crippen LogP contribution in [0, 0.1) is 0 Å². The van der Waals surface area contributed by atoms with Crippen molar-refractivity contribution in [2.45, 2.75) is 6.61 Å². The van der Waals surface area contributed by atoms with E-state index in [4.69, 9.17) is 27.9 Å². The molecule has 154 valence electrons. The molecule has 0 aliphatic heterocycles. The summed E-state index contributed by atoms with van der Waals surface area (Å²) in [6, 6.07) is 20.1. The Bertz CT molecular complexity index is 1200. The molecule has 0 radical (unpaired) electrons. The number of ether oxygens (including phenoxy) is 1. The molecule has 0 aliphatic carbocycles. The lowest BCUT2D eigenvalue weighted by atomic mass is 10.1. The Morgan fingerprint density at radius 1 is 1.00 bits per heavy atom. The van der Waals surface area contributed by atoms with Gasteiger partial charge in [-0.1, -0.05) is 41.4 Å². The van der Waals surface area contributed by atoms with Crippen LogP contribution in [0.25, 0.3) is 11.8 Å². The monoisotopic (exact) mass is 448 g/mol. The number of aromatic nitrogens is 2. The summed E-state index contributed by atoms with van der Waals surface area (Å²) in [5.41, 5.74) is 3.30. The summed E-state index contributed by atoms with van der Waals surface area (Å²) in [6.45, 7) is 0.322. The number of hydrogen-bond acceptors (Lipinski definition) is 3. The van der Waals surface area contributed by atoms with Crippen LogP contribution >= 0.6 is 23.2 Å². The van der Waals surface area contributed by atoms with Gasteiger partial charge in [-0.2, -0.15) is 0 Å². The summed E-state index contributed by atoms with van der Waals surface area (Å²) in [5.74, 6) is 0.641. The van der Waals surface area contributed by atoms with E-state index in [2.05, 4.69) is 4.98 Å². The van der Waals surface area contributed by atoms with Crippen LogP contribution in [0.4, 0.5) is 0 Å². The van der Waals surface area contributed by atoms with Gasteiger partial charge in [-0.3, -0.25) is 4.79 Å². The molecule has 4 rings (SSSR count). The summed E-state index contributed by atoms with van der Waals surface area (Å²) < 4.78 is 7.66. The average molecular weight is 449 g/mol. The van der Waals surface area contributed by atoms with Crippen molar-refractivity contribution in [2.24, 2.45) is 0 Å². The van der Waals surface area contributed by atoms with Crippen molar-refractivity contribution in [1.29, 1.82) is 0 Å². The molecule has 3 aromatic carbocycles. The van der Waals surface area contributed by atoms with Gasteiger partial charge in [0.05, 0.1) is 6.33 Å². The van der Waals surface area contributed by atoms with Crippen molar-refractivity contribution in [3.63, 3.8) is 0 Å². The molecule has 0 aliphatic rings. The molecule has 31 heavy (non-hydrogen) atoms. The van der Waals surface area contributed by atoms with Crippen molar-refractivity contribution in [2.75, 3.05) is 0 Å². The van der Waals surface area contributed by atoms with Gasteiger partial charge < -0.3 is 9.30 Å². The molecule has 0 fully saturated rings. The third-order valence-corrected chi connectivity index (χ3v) is 5.27. The molecule has 0 spiro atoms. The first-order chi connectivity index (χ1) is 15.1. The Labute approximate surface area is 190 Å². The van der Waals surface area contributed by atoms with Crippen LogP contribution in [-0.2, 0) is 6.61 Å². The number of hydrogen-bond donors (Lipinski definition) is 0. The van der Waals surface area contributed by atoms with Crippen LogP contribution in [0.15, 0.2) is 91.5 Å². The molecular weight excluding hydrogens is 431 g/mol. The van der Waals surface area contributed by atoms with Crippen LogP contribution in [-0.4, -0.2) is 15.3 Å². The van der Waals surface area contributed by atoms with Gasteiger partial charge in [0.15, 0.2) is 5.78 Å². The Balaban J connectivity index is 1.36. The Morgan fingerprint density at radius 3 is 2.48 bits per heavy atom. The van der Waals surface area contributed by atoms with Crippen molar-refractivity contribution in [1.82, 2.24) is 9.55 Å². The number of carbonyl (C=O) groups excluding carboxylic acids is 1. The van der Waals surface area contributed by atoms with Gasteiger partial charge in [-0.15, -0.1) is 0 Å². The minimum Gasteiger partial charge on any atom is -0.489 e. The molecular formula is C25H18Cl2N2O2. The van der Waals surface area contributed by atoms with Crippen LogP contribution in [0.5, 0.6) is 5.75 Å². The topological polar surface area (TPSA) is 44.1 Å². The van der Waals surface area contributed by atoms with E-state index < -0.39 is 0 Å². The van der Waals surface area contributed by atoms with E-state index in [1.807, 2.05) is 47.2 Å².